The molecule has 0 aliphatic carbocycles. The van der Waals surface area contributed by atoms with Crippen molar-refractivity contribution in [2.24, 2.45) is 0 Å². The molecule has 5 nitrogen and oxygen atoms in total. The standard InChI is InChI=1S/C28H32N2O3/c1-2-25(31)16-10-5-11-17-26(30-28(32)33-21-22-12-6-3-7-13-22)27-20-24(18-19-29-27)23-14-8-4-9-15-23/h3-4,6-9,12-15,18-20,26H,2,5,10-11,16-17,21H2,1H3,(H,30,32). The van der Waals surface area contributed by atoms with E-state index in [4.69, 9.17) is 4.74 Å². The molecule has 0 fully saturated rings. The minimum atomic E-state index is -0.461. The number of hydrogen-bond acceptors (Lipinski definition) is 4. The Morgan fingerprint density at radius 3 is 2.36 bits per heavy atom. The zero-order valence-corrected chi connectivity index (χ0v) is 19.2. The van der Waals surface area contributed by atoms with Gasteiger partial charge in [-0.05, 0) is 41.7 Å². The average molecular weight is 445 g/mol. The molecule has 3 aromatic rings. The van der Waals surface area contributed by atoms with Gasteiger partial charge in [0.05, 0.1) is 11.7 Å². The van der Waals surface area contributed by atoms with Crippen LogP contribution < -0.4 is 5.32 Å². The van der Waals surface area contributed by atoms with E-state index in [2.05, 4.69) is 22.4 Å². The summed E-state index contributed by atoms with van der Waals surface area (Å²) < 4.78 is 5.45. The molecule has 1 atom stereocenters. The fourth-order valence-corrected chi connectivity index (χ4v) is 3.67. The van der Waals surface area contributed by atoms with E-state index in [1.165, 1.54) is 0 Å². The van der Waals surface area contributed by atoms with Crippen LogP contribution in [0.4, 0.5) is 4.79 Å². The lowest BCUT2D eigenvalue weighted by Crippen LogP contribution is -2.29. The lowest BCUT2D eigenvalue weighted by molar-refractivity contribution is -0.118. The van der Waals surface area contributed by atoms with Crippen molar-refractivity contribution in [1.29, 1.82) is 0 Å². The number of benzene rings is 2. The molecule has 0 spiro atoms. The topological polar surface area (TPSA) is 68.3 Å². The number of nitrogens with one attached hydrogen (secondary N) is 1. The molecule has 0 saturated carbocycles. The third-order valence-corrected chi connectivity index (χ3v) is 5.59. The third-order valence-electron chi connectivity index (χ3n) is 5.59. The van der Waals surface area contributed by atoms with E-state index in [9.17, 15) is 9.59 Å². The molecular formula is C28H32N2O3. The Balaban J connectivity index is 1.65. The largest absolute Gasteiger partial charge is 0.445 e. The van der Waals surface area contributed by atoms with Crippen molar-refractivity contribution in [1.82, 2.24) is 10.3 Å². The molecule has 1 heterocycles. The van der Waals surface area contributed by atoms with E-state index in [0.717, 1.165) is 48.1 Å². The molecular weight excluding hydrogens is 412 g/mol. The van der Waals surface area contributed by atoms with Gasteiger partial charge in [0.1, 0.15) is 12.4 Å². The quantitative estimate of drug-likeness (QED) is 0.318. The molecule has 2 aromatic carbocycles. The first-order chi connectivity index (χ1) is 16.2. The number of amides is 1. The Morgan fingerprint density at radius 2 is 1.64 bits per heavy atom. The van der Waals surface area contributed by atoms with E-state index in [-0.39, 0.29) is 12.6 Å². The van der Waals surface area contributed by atoms with E-state index in [0.29, 0.717) is 18.6 Å². The van der Waals surface area contributed by atoms with Crippen LogP contribution in [0.2, 0.25) is 0 Å². The number of rotatable bonds is 12. The van der Waals surface area contributed by atoms with Gasteiger partial charge in [-0.2, -0.15) is 0 Å². The van der Waals surface area contributed by atoms with Crippen molar-refractivity contribution >= 4 is 11.9 Å². The summed E-state index contributed by atoms with van der Waals surface area (Å²) in [4.78, 5) is 28.7. The number of carbonyl (C=O) groups is 2. The molecule has 0 aliphatic heterocycles. The molecule has 5 heteroatoms. The number of aromatic nitrogens is 1. The van der Waals surface area contributed by atoms with Gasteiger partial charge in [-0.15, -0.1) is 0 Å². The summed E-state index contributed by atoms with van der Waals surface area (Å²) in [5, 5.41) is 3.00. The number of ketones is 1. The highest BCUT2D eigenvalue weighted by molar-refractivity contribution is 5.77. The Hall–Kier alpha value is -3.47. The van der Waals surface area contributed by atoms with Crippen LogP contribution in [-0.4, -0.2) is 16.9 Å². The Kier molecular flexibility index (Phi) is 9.64. The van der Waals surface area contributed by atoms with E-state index in [1.54, 1.807) is 6.20 Å². The summed E-state index contributed by atoms with van der Waals surface area (Å²) in [5.74, 6) is 0.298. The minimum Gasteiger partial charge on any atom is -0.445 e. The molecule has 1 aromatic heterocycles. The van der Waals surface area contributed by atoms with Crippen molar-refractivity contribution < 1.29 is 14.3 Å². The Bertz CT molecular complexity index is 1010. The SMILES string of the molecule is CCC(=O)CCCCCC(NC(=O)OCc1ccccc1)c1cc(-c2ccccc2)ccn1. The first-order valence-electron chi connectivity index (χ1n) is 11.7. The van der Waals surface area contributed by atoms with Crippen molar-refractivity contribution in [2.75, 3.05) is 0 Å². The number of pyridine rings is 1. The summed E-state index contributed by atoms with van der Waals surface area (Å²) in [5.41, 5.74) is 3.90. The van der Waals surface area contributed by atoms with Crippen LogP contribution in [0.25, 0.3) is 11.1 Å². The normalized spacial score (nSPS) is 11.5. The van der Waals surface area contributed by atoms with Gasteiger partial charge in [0, 0.05) is 19.0 Å². The van der Waals surface area contributed by atoms with Crippen LogP contribution in [-0.2, 0) is 16.1 Å². The maximum absolute atomic E-state index is 12.6. The summed E-state index contributed by atoms with van der Waals surface area (Å²) in [6.45, 7) is 2.12. The van der Waals surface area contributed by atoms with Crippen LogP contribution in [0.1, 0.15) is 62.7 Å². The van der Waals surface area contributed by atoms with Crippen LogP contribution in [0.15, 0.2) is 79.0 Å². The molecule has 3 rings (SSSR count). The first-order valence-corrected chi connectivity index (χ1v) is 11.7. The zero-order chi connectivity index (χ0) is 23.3. The van der Waals surface area contributed by atoms with Crippen LogP contribution in [0, 0.1) is 0 Å². The minimum absolute atomic E-state index is 0.218. The molecule has 0 aliphatic rings. The van der Waals surface area contributed by atoms with E-state index >= 15 is 0 Å². The number of ether oxygens (including phenoxy) is 1. The molecule has 1 unspecified atom stereocenters. The molecule has 0 bridgehead atoms. The summed E-state index contributed by atoms with van der Waals surface area (Å²) in [6, 6.07) is 23.5. The van der Waals surface area contributed by atoms with Crippen LogP contribution in [0.3, 0.4) is 0 Å². The highest BCUT2D eigenvalue weighted by Gasteiger charge is 2.18. The molecule has 1 amide bonds. The molecule has 172 valence electrons. The van der Waals surface area contributed by atoms with Crippen molar-refractivity contribution in [3.05, 3.63) is 90.3 Å². The maximum atomic E-state index is 12.6. The molecule has 1 N–H and O–H groups in total. The summed E-state index contributed by atoms with van der Waals surface area (Å²) in [7, 11) is 0. The van der Waals surface area contributed by atoms with Gasteiger partial charge in [-0.1, -0.05) is 80.4 Å². The van der Waals surface area contributed by atoms with E-state index < -0.39 is 6.09 Å². The highest BCUT2D eigenvalue weighted by Crippen LogP contribution is 2.25. The lowest BCUT2D eigenvalue weighted by Gasteiger charge is -2.19. The average Bonchev–Trinajstić information content (AvgIpc) is 2.87. The van der Waals surface area contributed by atoms with Crippen LogP contribution in [0.5, 0.6) is 0 Å². The Labute approximate surface area is 196 Å². The fraction of sp³-hybridized carbons (Fsp3) is 0.321. The van der Waals surface area contributed by atoms with Crippen molar-refractivity contribution in [3.8, 4) is 11.1 Å². The zero-order valence-electron chi connectivity index (χ0n) is 19.2. The van der Waals surface area contributed by atoms with Gasteiger partial charge in [0.2, 0.25) is 0 Å². The number of alkyl carbamates (subject to hydrolysis) is 1. The van der Waals surface area contributed by atoms with Gasteiger partial charge in [-0.3, -0.25) is 9.78 Å². The smallest absolute Gasteiger partial charge is 0.408 e. The van der Waals surface area contributed by atoms with Gasteiger partial charge in [-0.25, -0.2) is 4.79 Å². The van der Waals surface area contributed by atoms with Gasteiger partial charge in [0.25, 0.3) is 0 Å². The predicted octanol–water partition coefficient (Wildman–Crippen LogP) is 6.65. The number of nitrogens with zero attached hydrogens (tertiary/aromatic N) is 1. The number of hydrogen-bond donors (Lipinski definition) is 1. The van der Waals surface area contributed by atoms with Gasteiger partial charge < -0.3 is 10.1 Å². The summed E-state index contributed by atoms with van der Waals surface area (Å²) in [6.07, 6.45) is 5.95. The maximum Gasteiger partial charge on any atom is 0.408 e. The predicted molar refractivity (Wildman–Crippen MR) is 131 cm³/mol. The molecule has 0 saturated heterocycles. The van der Waals surface area contributed by atoms with E-state index in [1.807, 2.05) is 67.6 Å². The summed E-state index contributed by atoms with van der Waals surface area (Å²) >= 11 is 0. The third kappa shape index (κ3) is 8.19. The fourth-order valence-electron chi connectivity index (χ4n) is 3.67. The van der Waals surface area contributed by atoms with Crippen LogP contribution >= 0.6 is 0 Å². The number of carbonyl (C=O) groups excluding carboxylic acids is 2. The van der Waals surface area contributed by atoms with Gasteiger partial charge in [0.15, 0.2) is 0 Å². The monoisotopic (exact) mass is 444 g/mol. The Morgan fingerprint density at radius 1 is 0.909 bits per heavy atom. The second-order valence-corrected chi connectivity index (χ2v) is 8.09. The molecule has 33 heavy (non-hydrogen) atoms. The van der Waals surface area contributed by atoms with Crippen molar-refractivity contribution in [3.63, 3.8) is 0 Å². The molecule has 0 radical (unpaired) electrons. The second kappa shape index (κ2) is 13.2. The second-order valence-electron chi connectivity index (χ2n) is 8.09. The number of Topliss-reactive ketones (excluding diaryl/α,β-unsaturated/α-hetero) is 1. The van der Waals surface area contributed by atoms with Gasteiger partial charge >= 0.3 is 6.09 Å². The highest BCUT2D eigenvalue weighted by atomic mass is 16.5. The number of unbranched alkanes of at least 4 members (excludes halogenated alkanes) is 2. The first kappa shape index (κ1) is 24.2. The lowest BCUT2D eigenvalue weighted by atomic mass is 10.00. The van der Waals surface area contributed by atoms with Crippen molar-refractivity contribution in [2.45, 2.75) is 58.1 Å².